The number of nitrogens with one attached hydrogen (secondary N) is 3. The summed E-state index contributed by atoms with van der Waals surface area (Å²) in [7, 11) is 0. The van der Waals surface area contributed by atoms with Gasteiger partial charge in [-0.3, -0.25) is 25.8 Å². The van der Waals surface area contributed by atoms with Crippen molar-refractivity contribution in [2.75, 3.05) is 19.8 Å². The van der Waals surface area contributed by atoms with Crippen LogP contribution in [0, 0.1) is 0 Å². The van der Waals surface area contributed by atoms with E-state index in [0.29, 0.717) is 4.88 Å². The fourth-order valence-electron chi connectivity index (χ4n) is 2.23. The van der Waals surface area contributed by atoms with Crippen LogP contribution in [0.1, 0.15) is 35.9 Å². The van der Waals surface area contributed by atoms with Gasteiger partial charge in [0, 0.05) is 0 Å². The topological polar surface area (TPSA) is 115 Å². The molecule has 2 amide bonds. The molecule has 9 nitrogen and oxygen atoms in total. The van der Waals surface area contributed by atoms with Crippen LogP contribution in [0.3, 0.4) is 0 Å². The smallest absolute Gasteiger partial charge is 0.352 e. The molecule has 0 saturated carbocycles. The molecule has 0 bridgehead atoms. The molecule has 0 atom stereocenters. The van der Waals surface area contributed by atoms with Crippen LogP contribution in [0.4, 0.5) is 0 Å². The summed E-state index contributed by atoms with van der Waals surface area (Å²) in [5.41, 5.74) is 4.84. The molecule has 0 spiro atoms. The average Bonchev–Trinajstić information content (AvgIpc) is 3.30. The largest absolute Gasteiger partial charge is 0.484 e. The van der Waals surface area contributed by atoms with Crippen LogP contribution in [0.2, 0.25) is 0 Å². The van der Waals surface area contributed by atoms with Crippen LogP contribution in [-0.2, 0) is 4.74 Å². The normalized spacial score (nSPS) is 12.1. The number of thiophene rings is 2. The summed E-state index contributed by atoms with van der Waals surface area (Å²) in [6, 6.07) is 3.38. The number of thiocarbonyl (C=S) groups is 1. The molecule has 0 unspecified atom stereocenters. The first-order valence-electron chi connectivity index (χ1n) is 8.17. The molecule has 154 valence electrons. The van der Waals surface area contributed by atoms with Crippen LogP contribution in [0.15, 0.2) is 15.9 Å². The van der Waals surface area contributed by atoms with Crippen molar-refractivity contribution in [3.05, 3.63) is 30.6 Å². The van der Waals surface area contributed by atoms with Gasteiger partial charge in [-0.2, -0.15) is 0 Å². The van der Waals surface area contributed by atoms with Gasteiger partial charge in [0.1, 0.15) is 18.1 Å². The van der Waals surface area contributed by atoms with Gasteiger partial charge in [0.15, 0.2) is 21.5 Å². The van der Waals surface area contributed by atoms with Crippen molar-refractivity contribution in [2.45, 2.75) is 6.92 Å². The van der Waals surface area contributed by atoms with Crippen LogP contribution in [-0.4, -0.2) is 42.7 Å². The molecule has 0 radical (unpaired) electrons. The van der Waals surface area contributed by atoms with Gasteiger partial charge in [0.2, 0.25) is 0 Å². The second-order valence-electron chi connectivity index (χ2n) is 5.30. The van der Waals surface area contributed by atoms with E-state index in [1.165, 1.54) is 11.3 Å². The number of halogens is 1. The van der Waals surface area contributed by atoms with Crippen LogP contribution < -0.4 is 25.6 Å². The first kappa shape index (κ1) is 21.5. The standard InChI is InChI=1S/C16H14BrN3O6S3/c1-2-24-15(23)12-10-9(25-5-6-26-10)11(29-12)14(22)18-16(27)20-19-13(21)7-3-4-8(17)28-7/h3-4H,2,5-6H2,1H3,(H,19,21)(H2,18,20,22,27). The SMILES string of the molecule is CCOC(=O)c1sc(C(=O)NC(=S)NNC(=O)c2ccc(Br)s2)c2c1OCCO2. The van der Waals surface area contributed by atoms with E-state index in [1.807, 2.05) is 0 Å². The number of amides is 2. The van der Waals surface area contributed by atoms with Gasteiger partial charge in [0.05, 0.1) is 15.3 Å². The number of hydrogen-bond donors (Lipinski definition) is 3. The van der Waals surface area contributed by atoms with Crippen molar-refractivity contribution < 1.29 is 28.6 Å². The van der Waals surface area contributed by atoms with Crippen LogP contribution in [0.25, 0.3) is 0 Å². The quantitative estimate of drug-likeness (QED) is 0.320. The predicted octanol–water partition coefficient (Wildman–Crippen LogP) is 2.47. The lowest BCUT2D eigenvalue weighted by Gasteiger charge is -2.17. The maximum Gasteiger partial charge on any atom is 0.352 e. The number of rotatable bonds is 4. The Morgan fingerprint density at radius 1 is 1.10 bits per heavy atom. The minimum atomic E-state index is -0.613. The lowest BCUT2D eigenvalue weighted by molar-refractivity contribution is 0.0523. The minimum absolute atomic E-state index is 0.111. The molecule has 2 aromatic heterocycles. The molecular formula is C16H14BrN3O6S3. The van der Waals surface area contributed by atoms with Crippen molar-refractivity contribution in [1.29, 1.82) is 0 Å². The highest BCUT2D eigenvalue weighted by molar-refractivity contribution is 9.11. The van der Waals surface area contributed by atoms with Crippen molar-refractivity contribution >= 4 is 73.7 Å². The zero-order valence-electron chi connectivity index (χ0n) is 14.8. The van der Waals surface area contributed by atoms with Crippen LogP contribution in [0.5, 0.6) is 11.5 Å². The Labute approximate surface area is 186 Å². The summed E-state index contributed by atoms with van der Waals surface area (Å²) in [6.07, 6.45) is 0. The van der Waals surface area contributed by atoms with E-state index in [4.69, 9.17) is 26.4 Å². The molecule has 2 aromatic rings. The van der Waals surface area contributed by atoms with E-state index < -0.39 is 17.8 Å². The Balaban J connectivity index is 1.66. The third-order valence-corrected chi connectivity index (χ3v) is 6.34. The molecule has 0 aromatic carbocycles. The molecule has 3 rings (SSSR count). The fraction of sp³-hybridized carbons (Fsp3) is 0.250. The van der Waals surface area contributed by atoms with Crippen molar-refractivity contribution in [3.63, 3.8) is 0 Å². The predicted molar refractivity (Wildman–Crippen MR) is 114 cm³/mol. The fourth-order valence-corrected chi connectivity index (χ4v) is 4.64. The van der Waals surface area contributed by atoms with Crippen molar-refractivity contribution in [3.8, 4) is 11.5 Å². The van der Waals surface area contributed by atoms with Crippen LogP contribution >= 0.6 is 50.8 Å². The maximum atomic E-state index is 12.6. The molecule has 0 aliphatic carbocycles. The molecule has 0 saturated heterocycles. The Morgan fingerprint density at radius 2 is 1.79 bits per heavy atom. The lowest BCUT2D eigenvalue weighted by Crippen LogP contribution is -2.48. The third-order valence-electron chi connectivity index (χ3n) is 3.38. The molecule has 1 aliphatic heterocycles. The summed E-state index contributed by atoms with van der Waals surface area (Å²) in [6.45, 7) is 2.35. The molecule has 13 heteroatoms. The Bertz CT molecular complexity index is 973. The highest BCUT2D eigenvalue weighted by Crippen LogP contribution is 2.44. The van der Waals surface area contributed by atoms with Gasteiger partial charge < -0.3 is 14.2 Å². The van der Waals surface area contributed by atoms with Gasteiger partial charge >= 0.3 is 5.97 Å². The second-order valence-corrected chi connectivity index (χ2v) is 9.19. The Morgan fingerprint density at radius 3 is 2.41 bits per heavy atom. The number of ether oxygens (including phenoxy) is 3. The number of carbonyl (C=O) groups excluding carboxylic acids is 3. The summed E-state index contributed by atoms with van der Waals surface area (Å²) in [5, 5.41) is 2.30. The van der Waals surface area contributed by atoms with Gasteiger partial charge in [-0.25, -0.2) is 4.79 Å². The van der Waals surface area contributed by atoms with Gasteiger partial charge in [-0.05, 0) is 47.2 Å². The number of hydrazine groups is 1. The second kappa shape index (κ2) is 9.52. The van der Waals surface area contributed by atoms with E-state index in [0.717, 1.165) is 15.1 Å². The average molecular weight is 520 g/mol. The molecule has 29 heavy (non-hydrogen) atoms. The van der Waals surface area contributed by atoms with Crippen molar-refractivity contribution in [2.24, 2.45) is 0 Å². The first-order valence-corrected chi connectivity index (χ1v) is 11.0. The van der Waals surface area contributed by atoms with E-state index >= 15 is 0 Å². The van der Waals surface area contributed by atoms with E-state index in [1.54, 1.807) is 19.1 Å². The van der Waals surface area contributed by atoms with E-state index in [-0.39, 0.29) is 46.2 Å². The Hall–Kier alpha value is -2.22. The molecule has 3 N–H and O–H groups in total. The summed E-state index contributed by atoms with van der Waals surface area (Å²) < 4.78 is 16.8. The molecule has 1 aliphatic rings. The molecule has 0 fully saturated rings. The molecule has 3 heterocycles. The third kappa shape index (κ3) is 5.04. The maximum absolute atomic E-state index is 12.6. The number of esters is 1. The van der Waals surface area contributed by atoms with E-state index in [2.05, 4.69) is 32.1 Å². The summed E-state index contributed by atoms with van der Waals surface area (Å²) in [4.78, 5) is 37.4. The summed E-state index contributed by atoms with van der Waals surface area (Å²) in [5.74, 6) is -1.28. The molecular weight excluding hydrogens is 506 g/mol. The highest BCUT2D eigenvalue weighted by atomic mass is 79.9. The first-order chi connectivity index (χ1) is 13.9. The monoisotopic (exact) mass is 519 g/mol. The lowest BCUT2D eigenvalue weighted by atomic mass is 10.3. The van der Waals surface area contributed by atoms with Crippen molar-refractivity contribution in [1.82, 2.24) is 16.2 Å². The van der Waals surface area contributed by atoms with E-state index in [9.17, 15) is 14.4 Å². The highest BCUT2D eigenvalue weighted by Gasteiger charge is 2.32. The summed E-state index contributed by atoms with van der Waals surface area (Å²) >= 11 is 10.4. The number of carbonyl (C=O) groups is 3. The minimum Gasteiger partial charge on any atom is -0.484 e. The zero-order chi connectivity index (χ0) is 21.0. The number of hydrogen-bond acceptors (Lipinski definition) is 9. The van der Waals surface area contributed by atoms with Gasteiger partial charge in [-0.1, -0.05) is 0 Å². The van der Waals surface area contributed by atoms with Gasteiger partial charge in [0.25, 0.3) is 11.8 Å². The number of fused-ring (bicyclic) bond motifs is 1. The Kier molecular flexibility index (Phi) is 7.05. The van der Waals surface area contributed by atoms with Gasteiger partial charge in [-0.15, -0.1) is 22.7 Å². The zero-order valence-corrected chi connectivity index (χ0v) is 18.9.